The van der Waals surface area contributed by atoms with Gasteiger partial charge in [0, 0.05) is 17.3 Å². The van der Waals surface area contributed by atoms with Gasteiger partial charge in [0.25, 0.3) is 0 Å². The van der Waals surface area contributed by atoms with Crippen molar-refractivity contribution in [3.8, 4) is 0 Å². The fourth-order valence-corrected chi connectivity index (χ4v) is 1.49. The monoisotopic (exact) mass is 264 g/mol. The van der Waals surface area contributed by atoms with Gasteiger partial charge in [0.2, 0.25) is 5.91 Å². The Morgan fingerprint density at radius 2 is 2.27 bits per heavy atom. The van der Waals surface area contributed by atoms with Gasteiger partial charge in [-0.05, 0) is 24.3 Å². The summed E-state index contributed by atoms with van der Waals surface area (Å²) in [4.78, 5) is 15.3. The van der Waals surface area contributed by atoms with Crippen LogP contribution in [0.1, 0.15) is 0 Å². The summed E-state index contributed by atoms with van der Waals surface area (Å²) in [5.41, 5.74) is 1.72. The molecule has 4 heteroatoms. The molecule has 1 amide bonds. The van der Waals surface area contributed by atoms with Gasteiger partial charge in [0.15, 0.2) is 0 Å². The van der Waals surface area contributed by atoms with Gasteiger partial charge in [-0.2, -0.15) is 0 Å². The molecule has 1 N–H and O–H groups in total. The third kappa shape index (κ3) is 2.33. The summed E-state index contributed by atoms with van der Waals surface area (Å²) in [6.07, 6.45) is 1.75. The number of nitrogens with one attached hydrogen (secondary N) is 1. The number of amides is 1. The van der Waals surface area contributed by atoms with E-state index in [0.29, 0.717) is 5.33 Å². The molecule has 0 aliphatic carbocycles. The van der Waals surface area contributed by atoms with E-state index in [0.717, 1.165) is 16.6 Å². The number of benzene rings is 1. The molecule has 0 aliphatic heterocycles. The highest BCUT2D eigenvalue weighted by Crippen LogP contribution is 2.16. The zero-order valence-electron chi connectivity index (χ0n) is 7.90. The highest BCUT2D eigenvalue weighted by molar-refractivity contribution is 9.09. The first-order chi connectivity index (χ1) is 7.29. The standard InChI is InChI=1S/C11H9BrN2O/c12-7-11(15)14-9-3-4-10-8(6-9)2-1-5-13-10/h1-6H,7H2,(H,14,15). The Balaban J connectivity index is 2.34. The van der Waals surface area contributed by atoms with E-state index in [2.05, 4.69) is 26.2 Å². The largest absolute Gasteiger partial charge is 0.325 e. The lowest BCUT2D eigenvalue weighted by Gasteiger charge is -2.03. The van der Waals surface area contributed by atoms with Crippen molar-refractivity contribution in [2.75, 3.05) is 10.6 Å². The van der Waals surface area contributed by atoms with Crippen LogP contribution in [-0.2, 0) is 4.79 Å². The lowest BCUT2D eigenvalue weighted by Crippen LogP contribution is -2.11. The number of hydrogen-bond acceptors (Lipinski definition) is 2. The van der Waals surface area contributed by atoms with Gasteiger partial charge in [0.1, 0.15) is 0 Å². The lowest BCUT2D eigenvalue weighted by atomic mass is 10.2. The quantitative estimate of drug-likeness (QED) is 0.848. The van der Waals surface area contributed by atoms with E-state index < -0.39 is 0 Å². The number of aromatic nitrogens is 1. The molecule has 0 fully saturated rings. The van der Waals surface area contributed by atoms with Gasteiger partial charge >= 0.3 is 0 Å². The lowest BCUT2D eigenvalue weighted by molar-refractivity contribution is -0.113. The van der Waals surface area contributed by atoms with Gasteiger partial charge in [-0.3, -0.25) is 9.78 Å². The maximum atomic E-state index is 11.1. The molecule has 1 aromatic heterocycles. The van der Waals surface area contributed by atoms with E-state index in [9.17, 15) is 4.79 Å². The molecule has 0 spiro atoms. The van der Waals surface area contributed by atoms with Crippen molar-refractivity contribution < 1.29 is 4.79 Å². The molecule has 2 aromatic rings. The third-order valence-corrected chi connectivity index (χ3v) is 2.52. The molecule has 0 aliphatic rings. The average Bonchev–Trinajstić information content (AvgIpc) is 2.29. The first-order valence-corrected chi connectivity index (χ1v) is 5.62. The summed E-state index contributed by atoms with van der Waals surface area (Å²) in [6, 6.07) is 9.47. The molecule has 0 atom stereocenters. The summed E-state index contributed by atoms with van der Waals surface area (Å²) < 4.78 is 0. The maximum Gasteiger partial charge on any atom is 0.235 e. The number of carbonyl (C=O) groups excluding carboxylic acids is 1. The van der Waals surface area contributed by atoms with E-state index in [4.69, 9.17) is 0 Å². The second-order valence-corrected chi connectivity index (χ2v) is 3.65. The number of hydrogen-bond donors (Lipinski definition) is 1. The second kappa shape index (κ2) is 4.40. The van der Waals surface area contributed by atoms with Crippen molar-refractivity contribution in [3.05, 3.63) is 36.5 Å². The van der Waals surface area contributed by atoms with Crippen molar-refractivity contribution in [1.29, 1.82) is 0 Å². The summed E-state index contributed by atoms with van der Waals surface area (Å²) in [7, 11) is 0. The number of carbonyl (C=O) groups is 1. The van der Waals surface area contributed by atoms with Crippen LogP contribution in [0.2, 0.25) is 0 Å². The number of rotatable bonds is 2. The summed E-state index contributed by atoms with van der Waals surface area (Å²) in [5.74, 6) is -0.0572. The number of halogens is 1. The molecule has 0 saturated carbocycles. The smallest absolute Gasteiger partial charge is 0.235 e. The maximum absolute atomic E-state index is 11.1. The fraction of sp³-hybridized carbons (Fsp3) is 0.0909. The molecular weight excluding hydrogens is 256 g/mol. The van der Waals surface area contributed by atoms with E-state index >= 15 is 0 Å². The Hall–Kier alpha value is -1.42. The average molecular weight is 265 g/mol. The number of anilines is 1. The predicted octanol–water partition coefficient (Wildman–Crippen LogP) is 2.57. The molecule has 0 radical (unpaired) electrons. The van der Waals surface area contributed by atoms with Gasteiger partial charge in [-0.15, -0.1) is 0 Å². The SMILES string of the molecule is O=C(CBr)Nc1ccc2ncccc2c1. The number of pyridine rings is 1. The van der Waals surface area contributed by atoms with Crippen molar-refractivity contribution in [2.24, 2.45) is 0 Å². The van der Waals surface area contributed by atoms with E-state index in [1.54, 1.807) is 6.20 Å². The second-order valence-electron chi connectivity index (χ2n) is 3.09. The van der Waals surface area contributed by atoms with Crippen LogP contribution in [0.25, 0.3) is 10.9 Å². The van der Waals surface area contributed by atoms with Crippen molar-refractivity contribution in [2.45, 2.75) is 0 Å². The van der Waals surface area contributed by atoms with Crippen LogP contribution in [0.5, 0.6) is 0 Å². The van der Waals surface area contributed by atoms with Crippen LogP contribution in [0.4, 0.5) is 5.69 Å². The highest BCUT2D eigenvalue weighted by atomic mass is 79.9. The minimum atomic E-state index is -0.0572. The van der Waals surface area contributed by atoms with Crippen molar-refractivity contribution >= 4 is 38.4 Å². The molecule has 1 aromatic carbocycles. The molecule has 0 saturated heterocycles. The number of fused-ring (bicyclic) bond motifs is 1. The van der Waals surface area contributed by atoms with E-state index in [1.807, 2.05) is 30.3 Å². The molecule has 0 unspecified atom stereocenters. The van der Waals surface area contributed by atoms with Crippen LogP contribution >= 0.6 is 15.9 Å². The van der Waals surface area contributed by atoms with Gasteiger partial charge in [-0.25, -0.2) is 0 Å². The van der Waals surface area contributed by atoms with Gasteiger partial charge < -0.3 is 5.32 Å². The zero-order valence-corrected chi connectivity index (χ0v) is 9.49. The summed E-state index contributed by atoms with van der Waals surface area (Å²) in [6.45, 7) is 0. The topological polar surface area (TPSA) is 42.0 Å². The Kier molecular flexibility index (Phi) is 2.97. The highest BCUT2D eigenvalue weighted by Gasteiger charge is 2.00. The summed E-state index contributed by atoms with van der Waals surface area (Å²) >= 11 is 3.10. The molecule has 1 heterocycles. The fourth-order valence-electron chi connectivity index (χ4n) is 1.35. The molecule has 0 bridgehead atoms. The van der Waals surface area contributed by atoms with Gasteiger partial charge in [0.05, 0.1) is 10.8 Å². The third-order valence-electron chi connectivity index (χ3n) is 2.01. The van der Waals surface area contributed by atoms with Crippen LogP contribution in [-0.4, -0.2) is 16.2 Å². The van der Waals surface area contributed by atoms with E-state index in [1.165, 1.54) is 0 Å². The van der Waals surface area contributed by atoms with Crippen LogP contribution in [0.15, 0.2) is 36.5 Å². The van der Waals surface area contributed by atoms with Crippen molar-refractivity contribution in [1.82, 2.24) is 4.98 Å². The van der Waals surface area contributed by atoms with Crippen molar-refractivity contribution in [3.63, 3.8) is 0 Å². The molecular formula is C11H9BrN2O. The van der Waals surface area contributed by atoms with Crippen LogP contribution in [0, 0.1) is 0 Å². The number of nitrogens with zero attached hydrogens (tertiary/aromatic N) is 1. The Bertz CT molecular complexity index is 499. The predicted molar refractivity (Wildman–Crippen MR) is 64.2 cm³/mol. The number of alkyl halides is 1. The van der Waals surface area contributed by atoms with Crippen LogP contribution < -0.4 is 5.32 Å². The minimum absolute atomic E-state index is 0.0572. The van der Waals surface area contributed by atoms with Crippen LogP contribution in [0.3, 0.4) is 0 Å². The molecule has 3 nitrogen and oxygen atoms in total. The minimum Gasteiger partial charge on any atom is -0.325 e. The first kappa shape index (κ1) is 10.1. The summed E-state index contributed by atoms with van der Waals surface area (Å²) in [5, 5.41) is 4.09. The molecule has 15 heavy (non-hydrogen) atoms. The Morgan fingerprint density at radius 3 is 3.07 bits per heavy atom. The molecule has 76 valence electrons. The first-order valence-electron chi connectivity index (χ1n) is 4.50. The Morgan fingerprint density at radius 1 is 1.40 bits per heavy atom. The normalized spacial score (nSPS) is 10.2. The Labute approximate surface area is 95.6 Å². The van der Waals surface area contributed by atoms with E-state index in [-0.39, 0.29) is 5.91 Å². The zero-order chi connectivity index (χ0) is 10.7. The molecule has 2 rings (SSSR count). The van der Waals surface area contributed by atoms with Gasteiger partial charge in [-0.1, -0.05) is 22.0 Å².